The standard InChI is InChI=1S/C13H20N4S2/c1-6-7-8-9(10-16-17-12(14-5)19-10)18-11(15-8)13(2,3)4/h6-7H2,1-5H3,(H,14,17). The van der Waals surface area contributed by atoms with Gasteiger partial charge in [0.2, 0.25) is 5.13 Å². The second-order valence-corrected chi connectivity index (χ2v) is 7.43. The van der Waals surface area contributed by atoms with Gasteiger partial charge in [-0.3, -0.25) is 0 Å². The second kappa shape index (κ2) is 5.54. The molecule has 0 radical (unpaired) electrons. The maximum atomic E-state index is 4.82. The minimum Gasteiger partial charge on any atom is -0.363 e. The molecule has 0 aromatic carbocycles. The molecule has 0 aliphatic heterocycles. The Balaban J connectivity index is 2.45. The van der Waals surface area contributed by atoms with Crippen molar-refractivity contribution in [3.63, 3.8) is 0 Å². The predicted molar refractivity (Wildman–Crippen MR) is 83.3 cm³/mol. The van der Waals surface area contributed by atoms with Crippen molar-refractivity contribution in [3.05, 3.63) is 10.7 Å². The van der Waals surface area contributed by atoms with Crippen LogP contribution in [0.3, 0.4) is 0 Å². The number of aromatic nitrogens is 3. The Morgan fingerprint density at radius 2 is 1.89 bits per heavy atom. The number of thiazole rings is 1. The van der Waals surface area contributed by atoms with Crippen LogP contribution in [0.25, 0.3) is 9.88 Å². The van der Waals surface area contributed by atoms with Crippen molar-refractivity contribution >= 4 is 27.8 Å². The zero-order valence-electron chi connectivity index (χ0n) is 12.1. The van der Waals surface area contributed by atoms with E-state index in [4.69, 9.17) is 4.98 Å². The number of hydrogen-bond acceptors (Lipinski definition) is 6. The Morgan fingerprint density at radius 3 is 2.42 bits per heavy atom. The lowest BCUT2D eigenvalue weighted by Gasteiger charge is -2.13. The lowest BCUT2D eigenvalue weighted by Crippen LogP contribution is -2.10. The van der Waals surface area contributed by atoms with Crippen molar-refractivity contribution in [2.24, 2.45) is 0 Å². The van der Waals surface area contributed by atoms with Gasteiger partial charge in [0.25, 0.3) is 0 Å². The van der Waals surface area contributed by atoms with Gasteiger partial charge < -0.3 is 5.32 Å². The van der Waals surface area contributed by atoms with Crippen molar-refractivity contribution < 1.29 is 0 Å². The van der Waals surface area contributed by atoms with Crippen molar-refractivity contribution in [1.29, 1.82) is 0 Å². The van der Waals surface area contributed by atoms with E-state index in [1.807, 2.05) is 7.05 Å². The molecule has 6 heteroatoms. The van der Waals surface area contributed by atoms with Crippen molar-refractivity contribution in [2.75, 3.05) is 12.4 Å². The summed E-state index contributed by atoms with van der Waals surface area (Å²) in [4.78, 5) is 6.01. The average molecular weight is 296 g/mol. The van der Waals surface area contributed by atoms with Crippen molar-refractivity contribution in [1.82, 2.24) is 15.2 Å². The van der Waals surface area contributed by atoms with Gasteiger partial charge in [0.05, 0.1) is 15.6 Å². The van der Waals surface area contributed by atoms with Crippen molar-refractivity contribution in [2.45, 2.75) is 46.0 Å². The average Bonchev–Trinajstić information content (AvgIpc) is 2.93. The molecule has 0 saturated carbocycles. The molecule has 0 unspecified atom stereocenters. The lowest BCUT2D eigenvalue weighted by molar-refractivity contribution is 0.582. The summed E-state index contributed by atoms with van der Waals surface area (Å²) < 4.78 is 0. The molecule has 2 rings (SSSR count). The molecule has 2 aromatic heterocycles. The molecule has 0 spiro atoms. The minimum absolute atomic E-state index is 0.0853. The van der Waals surface area contributed by atoms with Crippen LogP contribution in [-0.2, 0) is 11.8 Å². The van der Waals surface area contributed by atoms with Crippen LogP contribution >= 0.6 is 22.7 Å². The Morgan fingerprint density at radius 1 is 1.16 bits per heavy atom. The van der Waals surface area contributed by atoms with Gasteiger partial charge in [-0.25, -0.2) is 4.98 Å². The van der Waals surface area contributed by atoms with Crippen molar-refractivity contribution in [3.8, 4) is 9.88 Å². The zero-order chi connectivity index (χ0) is 14.0. The van der Waals surface area contributed by atoms with E-state index in [-0.39, 0.29) is 5.41 Å². The Kier molecular flexibility index (Phi) is 4.20. The highest BCUT2D eigenvalue weighted by atomic mass is 32.1. The van der Waals surface area contributed by atoms with Crippen LogP contribution < -0.4 is 5.32 Å². The van der Waals surface area contributed by atoms with Gasteiger partial charge in [-0.15, -0.1) is 21.5 Å². The number of nitrogens with one attached hydrogen (secondary N) is 1. The molecular weight excluding hydrogens is 276 g/mol. The first-order valence-corrected chi connectivity index (χ1v) is 8.10. The van der Waals surface area contributed by atoms with Crippen LogP contribution in [0, 0.1) is 0 Å². The van der Waals surface area contributed by atoms with E-state index in [9.17, 15) is 0 Å². The molecule has 0 fully saturated rings. The van der Waals surface area contributed by atoms with Crippen LogP contribution in [0.15, 0.2) is 0 Å². The number of anilines is 1. The molecule has 1 N–H and O–H groups in total. The maximum absolute atomic E-state index is 4.82. The molecule has 0 aliphatic carbocycles. The van der Waals surface area contributed by atoms with E-state index in [1.165, 1.54) is 9.88 Å². The summed E-state index contributed by atoms with van der Waals surface area (Å²) in [6, 6.07) is 0. The fourth-order valence-electron chi connectivity index (χ4n) is 1.66. The quantitative estimate of drug-likeness (QED) is 0.928. The molecule has 19 heavy (non-hydrogen) atoms. The largest absolute Gasteiger partial charge is 0.363 e. The smallest absolute Gasteiger partial charge is 0.205 e. The monoisotopic (exact) mass is 296 g/mol. The Bertz CT molecular complexity index is 551. The van der Waals surface area contributed by atoms with Crippen LogP contribution in [0.2, 0.25) is 0 Å². The first-order valence-electron chi connectivity index (χ1n) is 6.47. The van der Waals surface area contributed by atoms with Crippen LogP contribution in [0.5, 0.6) is 0 Å². The first-order chi connectivity index (χ1) is 8.95. The Hall–Kier alpha value is -1.01. The van der Waals surface area contributed by atoms with Gasteiger partial charge in [-0.05, 0) is 6.42 Å². The number of rotatable bonds is 4. The van der Waals surface area contributed by atoms with Gasteiger partial charge in [-0.2, -0.15) is 0 Å². The summed E-state index contributed by atoms with van der Waals surface area (Å²) in [5.41, 5.74) is 1.25. The lowest BCUT2D eigenvalue weighted by atomic mass is 9.98. The summed E-state index contributed by atoms with van der Waals surface area (Å²) in [5, 5.41) is 14.4. The normalized spacial score (nSPS) is 11.8. The summed E-state index contributed by atoms with van der Waals surface area (Å²) >= 11 is 3.34. The minimum atomic E-state index is 0.0853. The zero-order valence-corrected chi connectivity index (χ0v) is 13.7. The first kappa shape index (κ1) is 14.4. The van der Waals surface area contributed by atoms with E-state index in [0.29, 0.717) is 0 Å². The highest BCUT2D eigenvalue weighted by Crippen LogP contribution is 2.38. The third-order valence-corrected chi connectivity index (χ3v) is 5.28. The summed E-state index contributed by atoms with van der Waals surface area (Å²) in [7, 11) is 1.87. The fraction of sp³-hybridized carbons (Fsp3) is 0.615. The predicted octanol–water partition coefficient (Wildman–Crippen LogP) is 3.95. The highest BCUT2D eigenvalue weighted by molar-refractivity contribution is 7.23. The van der Waals surface area contributed by atoms with Gasteiger partial charge in [-0.1, -0.05) is 45.5 Å². The molecule has 104 valence electrons. The SMILES string of the molecule is CCCc1nc(C(C)(C)C)sc1-c1nnc(NC)s1. The molecule has 2 heterocycles. The highest BCUT2D eigenvalue weighted by Gasteiger charge is 2.23. The summed E-state index contributed by atoms with van der Waals surface area (Å²) in [6.07, 6.45) is 2.09. The third kappa shape index (κ3) is 3.12. The van der Waals surface area contributed by atoms with E-state index >= 15 is 0 Å². The molecule has 0 atom stereocenters. The fourth-order valence-corrected chi connectivity index (χ4v) is 3.62. The van der Waals surface area contributed by atoms with Gasteiger partial charge >= 0.3 is 0 Å². The molecule has 2 aromatic rings. The third-order valence-electron chi connectivity index (χ3n) is 2.66. The van der Waals surface area contributed by atoms with E-state index in [0.717, 1.165) is 28.7 Å². The molecule has 0 amide bonds. The van der Waals surface area contributed by atoms with Gasteiger partial charge in [0.1, 0.15) is 0 Å². The molecular formula is C13H20N4S2. The van der Waals surface area contributed by atoms with Crippen LogP contribution in [0.4, 0.5) is 5.13 Å². The number of nitrogens with zero attached hydrogens (tertiary/aromatic N) is 3. The van der Waals surface area contributed by atoms with Gasteiger partial charge in [0, 0.05) is 12.5 Å². The van der Waals surface area contributed by atoms with E-state index < -0.39 is 0 Å². The molecule has 0 saturated heterocycles. The van der Waals surface area contributed by atoms with E-state index in [1.54, 1.807) is 22.7 Å². The maximum Gasteiger partial charge on any atom is 0.205 e. The molecule has 0 bridgehead atoms. The topological polar surface area (TPSA) is 50.7 Å². The van der Waals surface area contributed by atoms with Gasteiger partial charge in [0.15, 0.2) is 5.01 Å². The molecule has 4 nitrogen and oxygen atoms in total. The number of aryl methyl sites for hydroxylation is 1. The van der Waals surface area contributed by atoms with E-state index in [2.05, 4.69) is 43.2 Å². The summed E-state index contributed by atoms with van der Waals surface area (Å²) in [5.74, 6) is 0. The Labute approximate surface area is 122 Å². The van der Waals surface area contributed by atoms with Crippen LogP contribution in [0.1, 0.15) is 44.8 Å². The number of hydrogen-bond donors (Lipinski definition) is 1. The van der Waals surface area contributed by atoms with Crippen LogP contribution in [-0.4, -0.2) is 22.2 Å². The molecule has 0 aliphatic rings. The summed E-state index contributed by atoms with van der Waals surface area (Å²) in [6.45, 7) is 8.78. The second-order valence-electron chi connectivity index (χ2n) is 5.46.